The molecule has 4 N–H and O–H groups in total. The molecule has 2 rings (SSSR count). The van der Waals surface area contributed by atoms with Crippen molar-refractivity contribution in [2.75, 3.05) is 17.6 Å². The number of nitrogens with two attached hydrogens (primary N) is 1. The number of carboxylic acids is 1. The Hall–Kier alpha value is -2.50. The number of rotatable bonds is 5. The van der Waals surface area contributed by atoms with Gasteiger partial charge in [-0.1, -0.05) is 0 Å². The van der Waals surface area contributed by atoms with Gasteiger partial charge in [-0.15, -0.1) is 0 Å². The van der Waals surface area contributed by atoms with E-state index in [0.717, 1.165) is 5.76 Å². The van der Waals surface area contributed by atoms with Crippen LogP contribution in [-0.2, 0) is 6.42 Å². The van der Waals surface area contributed by atoms with Gasteiger partial charge in [0.25, 0.3) is 0 Å². The van der Waals surface area contributed by atoms with E-state index in [1.807, 2.05) is 12.1 Å². The third kappa shape index (κ3) is 2.79. The van der Waals surface area contributed by atoms with Gasteiger partial charge in [-0.25, -0.2) is 9.78 Å². The van der Waals surface area contributed by atoms with Crippen LogP contribution < -0.4 is 11.1 Å². The number of furan rings is 1. The molecule has 18 heavy (non-hydrogen) atoms. The van der Waals surface area contributed by atoms with Gasteiger partial charge >= 0.3 is 5.97 Å². The van der Waals surface area contributed by atoms with E-state index >= 15 is 0 Å². The fourth-order valence-electron chi connectivity index (χ4n) is 1.51. The van der Waals surface area contributed by atoms with Crippen LogP contribution in [0.1, 0.15) is 16.1 Å². The molecule has 0 radical (unpaired) electrons. The van der Waals surface area contributed by atoms with Crippen molar-refractivity contribution in [2.45, 2.75) is 6.42 Å². The predicted molar refractivity (Wildman–Crippen MR) is 66.5 cm³/mol. The summed E-state index contributed by atoms with van der Waals surface area (Å²) in [4.78, 5) is 14.7. The molecule has 0 aliphatic carbocycles. The zero-order chi connectivity index (χ0) is 13.0. The van der Waals surface area contributed by atoms with Crippen molar-refractivity contribution < 1.29 is 14.3 Å². The molecule has 0 spiro atoms. The maximum Gasteiger partial charge on any atom is 0.337 e. The second kappa shape index (κ2) is 5.22. The van der Waals surface area contributed by atoms with Gasteiger partial charge < -0.3 is 20.6 Å². The molecule has 2 heterocycles. The normalized spacial score (nSPS) is 10.2. The number of aromatic nitrogens is 1. The van der Waals surface area contributed by atoms with E-state index in [2.05, 4.69) is 10.3 Å². The number of anilines is 2. The first-order valence-electron chi connectivity index (χ1n) is 5.42. The second-order valence-electron chi connectivity index (χ2n) is 3.72. The molecule has 6 heteroatoms. The third-order valence-corrected chi connectivity index (χ3v) is 2.41. The highest BCUT2D eigenvalue weighted by atomic mass is 16.4. The summed E-state index contributed by atoms with van der Waals surface area (Å²) in [5.41, 5.74) is 6.09. The van der Waals surface area contributed by atoms with Crippen LogP contribution >= 0.6 is 0 Å². The lowest BCUT2D eigenvalue weighted by Gasteiger charge is -2.07. The Morgan fingerprint density at radius 2 is 2.39 bits per heavy atom. The van der Waals surface area contributed by atoms with Crippen LogP contribution in [0.2, 0.25) is 0 Å². The quantitative estimate of drug-likeness (QED) is 0.742. The Labute approximate surface area is 103 Å². The largest absolute Gasteiger partial charge is 0.478 e. The molecule has 94 valence electrons. The summed E-state index contributed by atoms with van der Waals surface area (Å²) in [6.45, 7) is 0.608. The number of hydrogen-bond acceptors (Lipinski definition) is 5. The highest BCUT2D eigenvalue weighted by molar-refractivity contribution is 5.89. The van der Waals surface area contributed by atoms with Gasteiger partial charge in [0.1, 0.15) is 11.6 Å². The van der Waals surface area contributed by atoms with E-state index < -0.39 is 5.97 Å². The maximum atomic E-state index is 10.7. The van der Waals surface area contributed by atoms with E-state index in [1.165, 1.54) is 12.3 Å². The van der Waals surface area contributed by atoms with Crippen molar-refractivity contribution in [3.63, 3.8) is 0 Å². The third-order valence-electron chi connectivity index (χ3n) is 2.41. The summed E-state index contributed by atoms with van der Waals surface area (Å²) in [6.07, 6.45) is 3.59. The molecule has 2 aromatic rings. The topological polar surface area (TPSA) is 101 Å². The molecular weight excluding hydrogens is 234 g/mol. The molecule has 0 aromatic carbocycles. The zero-order valence-corrected chi connectivity index (χ0v) is 9.59. The number of aromatic carboxylic acids is 1. The van der Waals surface area contributed by atoms with Gasteiger partial charge in [0.05, 0.1) is 17.5 Å². The fourth-order valence-corrected chi connectivity index (χ4v) is 1.51. The lowest BCUT2D eigenvalue weighted by molar-refractivity contribution is 0.0696. The van der Waals surface area contributed by atoms with Gasteiger partial charge in [-0.2, -0.15) is 0 Å². The smallest absolute Gasteiger partial charge is 0.337 e. The minimum Gasteiger partial charge on any atom is -0.478 e. The van der Waals surface area contributed by atoms with Crippen LogP contribution in [0.25, 0.3) is 0 Å². The number of nitrogens with one attached hydrogen (secondary N) is 1. The second-order valence-corrected chi connectivity index (χ2v) is 3.72. The molecule has 0 atom stereocenters. The summed E-state index contributed by atoms with van der Waals surface area (Å²) in [7, 11) is 0. The van der Waals surface area contributed by atoms with Gasteiger partial charge in [-0.05, 0) is 18.2 Å². The summed E-state index contributed by atoms with van der Waals surface area (Å²) >= 11 is 0. The first-order chi connectivity index (χ1) is 8.66. The highest BCUT2D eigenvalue weighted by Gasteiger charge is 2.07. The average molecular weight is 247 g/mol. The first kappa shape index (κ1) is 12.0. The molecule has 0 aliphatic heterocycles. The van der Waals surface area contributed by atoms with Crippen LogP contribution in [0.15, 0.2) is 35.1 Å². The van der Waals surface area contributed by atoms with E-state index in [1.54, 1.807) is 6.26 Å². The lowest BCUT2D eigenvalue weighted by Crippen LogP contribution is -2.09. The Morgan fingerprint density at radius 3 is 3.00 bits per heavy atom. The van der Waals surface area contributed by atoms with Crippen molar-refractivity contribution in [1.82, 2.24) is 4.98 Å². The van der Waals surface area contributed by atoms with Gasteiger partial charge in [-0.3, -0.25) is 0 Å². The molecule has 0 fully saturated rings. The number of hydrogen-bond donors (Lipinski definition) is 3. The van der Waals surface area contributed by atoms with E-state index in [0.29, 0.717) is 24.5 Å². The maximum absolute atomic E-state index is 10.7. The Bertz CT molecular complexity index is 538. The standard InChI is InChI=1S/C12H13N3O3/c13-10-6-8(12(16)17)7-15-11(10)14-4-3-9-2-1-5-18-9/h1-2,5-7H,3-4,13H2,(H,14,15)(H,16,17). The SMILES string of the molecule is Nc1cc(C(=O)O)cnc1NCCc1ccco1. The molecule has 0 saturated heterocycles. The Kier molecular flexibility index (Phi) is 3.47. The molecule has 6 nitrogen and oxygen atoms in total. The molecule has 0 aliphatic rings. The molecule has 0 unspecified atom stereocenters. The highest BCUT2D eigenvalue weighted by Crippen LogP contribution is 2.16. The number of pyridine rings is 1. The van der Waals surface area contributed by atoms with Gasteiger partial charge in [0, 0.05) is 19.2 Å². The van der Waals surface area contributed by atoms with E-state index in [9.17, 15) is 4.79 Å². The molecule has 0 bridgehead atoms. The molecule has 0 amide bonds. The predicted octanol–water partition coefficient (Wildman–Crippen LogP) is 1.61. The molecule has 2 aromatic heterocycles. The number of nitrogen functional groups attached to an aromatic ring is 1. The van der Waals surface area contributed by atoms with Gasteiger partial charge in [0.15, 0.2) is 0 Å². The summed E-state index contributed by atoms with van der Waals surface area (Å²) in [5.74, 6) is 0.297. The van der Waals surface area contributed by atoms with Crippen molar-refractivity contribution in [1.29, 1.82) is 0 Å². The fraction of sp³-hybridized carbons (Fsp3) is 0.167. The van der Waals surface area contributed by atoms with E-state index in [4.69, 9.17) is 15.3 Å². The summed E-state index contributed by atoms with van der Waals surface area (Å²) < 4.78 is 5.18. The van der Waals surface area contributed by atoms with Crippen LogP contribution in [0.5, 0.6) is 0 Å². The number of carbonyl (C=O) groups is 1. The van der Waals surface area contributed by atoms with Crippen LogP contribution in [-0.4, -0.2) is 22.6 Å². The minimum absolute atomic E-state index is 0.0732. The summed E-state index contributed by atoms with van der Waals surface area (Å²) in [5, 5.41) is 11.8. The minimum atomic E-state index is -1.05. The Balaban J connectivity index is 1.95. The van der Waals surface area contributed by atoms with Crippen LogP contribution in [0.3, 0.4) is 0 Å². The van der Waals surface area contributed by atoms with E-state index in [-0.39, 0.29) is 5.56 Å². The number of carboxylic acid groups (broad SMARTS) is 1. The average Bonchev–Trinajstić information content (AvgIpc) is 2.84. The summed E-state index contributed by atoms with van der Waals surface area (Å²) in [6, 6.07) is 5.08. The van der Waals surface area contributed by atoms with Crippen molar-refractivity contribution in [3.05, 3.63) is 42.0 Å². The zero-order valence-electron chi connectivity index (χ0n) is 9.59. The van der Waals surface area contributed by atoms with Crippen LogP contribution in [0.4, 0.5) is 11.5 Å². The monoisotopic (exact) mass is 247 g/mol. The van der Waals surface area contributed by atoms with Gasteiger partial charge in [0.2, 0.25) is 0 Å². The van der Waals surface area contributed by atoms with Crippen molar-refractivity contribution >= 4 is 17.5 Å². The van der Waals surface area contributed by atoms with Crippen LogP contribution in [0, 0.1) is 0 Å². The first-order valence-corrected chi connectivity index (χ1v) is 5.42. The molecule has 0 saturated carbocycles. The number of nitrogens with zero attached hydrogens (tertiary/aromatic N) is 1. The Morgan fingerprint density at radius 1 is 1.56 bits per heavy atom. The molecular formula is C12H13N3O3. The lowest BCUT2D eigenvalue weighted by atomic mass is 10.2. The van der Waals surface area contributed by atoms with Crippen molar-refractivity contribution in [2.24, 2.45) is 0 Å². The van der Waals surface area contributed by atoms with Crippen molar-refractivity contribution in [3.8, 4) is 0 Å².